The first-order chi connectivity index (χ1) is 20.9. The average molecular weight is 643 g/mol. The van der Waals surface area contributed by atoms with Crippen molar-refractivity contribution >= 4 is 41.4 Å². The predicted octanol–water partition coefficient (Wildman–Crippen LogP) is -1.65. The molecule has 0 aliphatic carbocycles. The van der Waals surface area contributed by atoms with Gasteiger partial charge in [-0.3, -0.25) is 28.8 Å². The van der Waals surface area contributed by atoms with Gasteiger partial charge in [-0.05, 0) is 64.3 Å². The number of aliphatic carboxylic acids is 1. The molecule has 258 valence electrons. The summed E-state index contributed by atoms with van der Waals surface area (Å²) in [5.41, 5.74) is 16.6. The number of nitrogens with two attached hydrogens (primary N) is 3. The Kier molecular flexibility index (Phi) is 19.3. The van der Waals surface area contributed by atoms with E-state index >= 15 is 0 Å². The van der Waals surface area contributed by atoms with Crippen LogP contribution in [0.2, 0.25) is 0 Å². The van der Waals surface area contributed by atoms with Crippen LogP contribution in [0.15, 0.2) is 0 Å². The summed E-state index contributed by atoms with van der Waals surface area (Å²) in [4.78, 5) is 87.6. The SMILES string of the molecule is CC[C@H](C)[C@H](N)C(=O)N[C@@H](C)C(=O)N[C@@H](CCC(N)=O)C(=O)N[C@@H](CC(C)C)C(=O)N[C@@H](C)C(=O)N[C@@H](CCCCN)C(=O)O. The fourth-order valence-electron chi connectivity index (χ4n) is 4.14. The summed E-state index contributed by atoms with van der Waals surface area (Å²) in [6, 6.07) is -6.66. The van der Waals surface area contributed by atoms with E-state index in [2.05, 4.69) is 26.6 Å². The lowest BCUT2D eigenvalue weighted by Gasteiger charge is -2.26. The van der Waals surface area contributed by atoms with Crippen LogP contribution < -0.4 is 43.8 Å². The lowest BCUT2D eigenvalue weighted by atomic mass is 9.99. The highest BCUT2D eigenvalue weighted by molar-refractivity contribution is 5.96. The number of amides is 6. The molecule has 0 radical (unpaired) electrons. The molecule has 0 fully saturated rings. The molecule has 0 aromatic carbocycles. The number of hydrogen-bond acceptors (Lipinski definition) is 9. The Morgan fingerprint density at radius 3 is 1.62 bits per heavy atom. The smallest absolute Gasteiger partial charge is 0.326 e. The molecule has 0 unspecified atom stereocenters. The molecule has 6 amide bonds. The van der Waals surface area contributed by atoms with Crippen molar-refractivity contribution in [3.63, 3.8) is 0 Å². The quantitative estimate of drug-likeness (QED) is 0.0607. The first-order valence-electron chi connectivity index (χ1n) is 15.4. The molecule has 0 saturated carbocycles. The van der Waals surface area contributed by atoms with Crippen molar-refractivity contribution in [1.29, 1.82) is 0 Å². The molecule has 7 atom stereocenters. The van der Waals surface area contributed by atoms with Crippen LogP contribution in [-0.2, 0) is 33.6 Å². The summed E-state index contributed by atoms with van der Waals surface area (Å²) in [6.07, 6.45) is 1.60. The molecular formula is C29H54N8O8. The van der Waals surface area contributed by atoms with Gasteiger partial charge in [0.15, 0.2) is 0 Å². The number of carboxylic acid groups (broad SMARTS) is 1. The Hall–Kier alpha value is -3.79. The Labute approximate surface area is 265 Å². The van der Waals surface area contributed by atoms with E-state index in [1.165, 1.54) is 13.8 Å². The van der Waals surface area contributed by atoms with Crippen molar-refractivity contribution in [2.75, 3.05) is 6.54 Å². The van der Waals surface area contributed by atoms with E-state index in [9.17, 15) is 38.7 Å². The van der Waals surface area contributed by atoms with Gasteiger partial charge >= 0.3 is 5.97 Å². The maximum Gasteiger partial charge on any atom is 0.326 e. The summed E-state index contributed by atoms with van der Waals surface area (Å²) < 4.78 is 0. The van der Waals surface area contributed by atoms with E-state index in [0.717, 1.165) is 0 Å². The normalized spacial score (nSPS) is 15.8. The second-order valence-electron chi connectivity index (χ2n) is 11.8. The molecular weight excluding hydrogens is 588 g/mol. The Morgan fingerprint density at radius 1 is 0.667 bits per heavy atom. The highest BCUT2D eigenvalue weighted by Crippen LogP contribution is 2.09. The van der Waals surface area contributed by atoms with Crippen LogP contribution in [0.4, 0.5) is 0 Å². The second kappa shape index (κ2) is 21.0. The van der Waals surface area contributed by atoms with Gasteiger partial charge in [-0.15, -0.1) is 0 Å². The summed E-state index contributed by atoms with van der Waals surface area (Å²) in [6.45, 7) is 10.5. The molecule has 0 aromatic heterocycles. The first kappa shape index (κ1) is 41.2. The van der Waals surface area contributed by atoms with Gasteiger partial charge in [-0.2, -0.15) is 0 Å². The number of carbonyl (C=O) groups is 7. The van der Waals surface area contributed by atoms with Crippen molar-refractivity contribution in [2.24, 2.45) is 29.0 Å². The topological polar surface area (TPSA) is 278 Å². The lowest BCUT2D eigenvalue weighted by Crippen LogP contribution is -2.59. The molecule has 45 heavy (non-hydrogen) atoms. The number of primary amides is 1. The van der Waals surface area contributed by atoms with Crippen LogP contribution in [0.3, 0.4) is 0 Å². The van der Waals surface area contributed by atoms with Gasteiger partial charge in [0.25, 0.3) is 0 Å². The zero-order valence-electron chi connectivity index (χ0n) is 27.3. The number of unbranched alkanes of at least 4 members (excludes halogenated alkanes) is 1. The fourth-order valence-corrected chi connectivity index (χ4v) is 4.14. The van der Waals surface area contributed by atoms with Crippen LogP contribution in [0, 0.1) is 11.8 Å². The first-order valence-corrected chi connectivity index (χ1v) is 15.4. The largest absolute Gasteiger partial charge is 0.480 e. The summed E-state index contributed by atoms with van der Waals surface area (Å²) >= 11 is 0. The van der Waals surface area contributed by atoms with Crippen LogP contribution in [-0.4, -0.2) is 89.3 Å². The van der Waals surface area contributed by atoms with E-state index in [1.807, 2.05) is 20.8 Å². The fraction of sp³-hybridized carbons (Fsp3) is 0.759. The van der Waals surface area contributed by atoms with Gasteiger partial charge in [0.1, 0.15) is 30.2 Å². The maximum atomic E-state index is 13.3. The summed E-state index contributed by atoms with van der Waals surface area (Å²) in [5, 5.41) is 21.9. The summed E-state index contributed by atoms with van der Waals surface area (Å²) in [7, 11) is 0. The zero-order valence-corrected chi connectivity index (χ0v) is 27.3. The van der Waals surface area contributed by atoms with Crippen molar-refractivity contribution < 1.29 is 38.7 Å². The molecule has 0 saturated heterocycles. The van der Waals surface area contributed by atoms with Crippen LogP contribution in [0.1, 0.15) is 86.5 Å². The number of rotatable bonds is 22. The van der Waals surface area contributed by atoms with Gasteiger partial charge in [0, 0.05) is 6.42 Å². The molecule has 0 aliphatic rings. The van der Waals surface area contributed by atoms with Crippen LogP contribution >= 0.6 is 0 Å². The third-order valence-corrected chi connectivity index (χ3v) is 7.28. The minimum absolute atomic E-state index is 0.0901. The van der Waals surface area contributed by atoms with Crippen molar-refractivity contribution in [2.45, 2.75) is 123 Å². The monoisotopic (exact) mass is 642 g/mol. The van der Waals surface area contributed by atoms with Crippen molar-refractivity contribution in [3.8, 4) is 0 Å². The molecule has 0 aromatic rings. The van der Waals surface area contributed by atoms with Crippen LogP contribution in [0.5, 0.6) is 0 Å². The predicted molar refractivity (Wildman–Crippen MR) is 167 cm³/mol. The molecule has 0 rings (SSSR count). The standard InChI is InChI=1S/C29H54N8O8/c1-7-16(4)23(32)28(43)34-18(6)24(39)35-19(11-12-22(31)38)26(41)37-21(14-15(2)3)27(42)33-17(5)25(40)36-20(29(44)45)10-8-9-13-30/h15-21,23H,7-14,30,32H2,1-6H3,(H2,31,38)(H,33,42)(H,34,43)(H,35,39)(H,36,40)(H,37,41)(H,44,45)/t16-,17-,18-,19-,20-,21-,23-/m0/s1. The Morgan fingerprint density at radius 2 is 1.16 bits per heavy atom. The van der Waals surface area contributed by atoms with Crippen molar-refractivity contribution in [1.82, 2.24) is 26.6 Å². The molecule has 16 heteroatoms. The maximum absolute atomic E-state index is 13.3. The van der Waals surface area contributed by atoms with Gasteiger partial charge in [0.05, 0.1) is 6.04 Å². The molecule has 12 N–H and O–H groups in total. The number of hydrogen-bond donors (Lipinski definition) is 9. The lowest BCUT2D eigenvalue weighted by molar-refractivity contribution is -0.142. The molecule has 16 nitrogen and oxygen atoms in total. The average Bonchev–Trinajstić information content (AvgIpc) is 2.96. The zero-order chi connectivity index (χ0) is 34.9. The van der Waals surface area contributed by atoms with Gasteiger partial charge in [-0.1, -0.05) is 34.1 Å². The van der Waals surface area contributed by atoms with Gasteiger partial charge in [0.2, 0.25) is 35.4 Å². The summed E-state index contributed by atoms with van der Waals surface area (Å²) in [5.74, 6) is -5.66. The van der Waals surface area contributed by atoms with Gasteiger partial charge in [-0.25, -0.2) is 4.79 Å². The molecule has 0 spiro atoms. The third-order valence-electron chi connectivity index (χ3n) is 7.28. The van der Waals surface area contributed by atoms with E-state index in [1.54, 1.807) is 6.92 Å². The van der Waals surface area contributed by atoms with E-state index in [-0.39, 0.29) is 37.5 Å². The minimum atomic E-state index is -1.29. The minimum Gasteiger partial charge on any atom is -0.480 e. The third kappa shape index (κ3) is 16.2. The number of nitrogens with one attached hydrogen (secondary N) is 5. The van der Waals surface area contributed by atoms with E-state index < -0.39 is 77.7 Å². The highest BCUT2D eigenvalue weighted by Gasteiger charge is 2.31. The van der Waals surface area contributed by atoms with Crippen molar-refractivity contribution in [3.05, 3.63) is 0 Å². The Balaban J connectivity index is 5.64. The highest BCUT2D eigenvalue weighted by atomic mass is 16.4. The van der Waals surface area contributed by atoms with E-state index in [0.29, 0.717) is 25.8 Å². The molecule has 0 aliphatic heterocycles. The number of carboxylic acids is 1. The Bertz CT molecular complexity index is 1020. The van der Waals surface area contributed by atoms with E-state index in [4.69, 9.17) is 17.2 Å². The van der Waals surface area contributed by atoms with Gasteiger partial charge < -0.3 is 48.9 Å². The molecule has 0 heterocycles. The number of carbonyl (C=O) groups excluding carboxylic acids is 6. The second-order valence-corrected chi connectivity index (χ2v) is 11.8. The molecule has 0 bridgehead atoms. The van der Waals surface area contributed by atoms with Crippen LogP contribution in [0.25, 0.3) is 0 Å².